The standard InChI is InChI=1S/C9H19NO2/c1-10(7-9-8-12-9)5-3-2-4-6-11/h9,11H,2-8H2,1H3. The first-order valence-corrected chi connectivity index (χ1v) is 4.74. The average Bonchev–Trinajstić information content (AvgIpc) is 2.82. The van der Waals surface area contributed by atoms with Gasteiger partial charge in [0.15, 0.2) is 0 Å². The van der Waals surface area contributed by atoms with Gasteiger partial charge in [-0.05, 0) is 32.9 Å². The number of aliphatic hydroxyl groups excluding tert-OH is 1. The zero-order chi connectivity index (χ0) is 8.81. The van der Waals surface area contributed by atoms with Gasteiger partial charge in [0, 0.05) is 13.2 Å². The van der Waals surface area contributed by atoms with Crippen molar-refractivity contribution in [3.8, 4) is 0 Å². The van der Waals surface area contributed by atoms with E-state index >= 15 is 0 Å². The quantitative estimate of drug-likeness (QED) is 0.449. The molecule has 3 heteroatoms. The lowest BCUT2D eigenvalue weighted by atomic mass is 10.2. The van der Waals surface area contributed by atoms with Gasteiger partial charge in [-0.2, -0.15) is 0 Å². The Kier molecular flexibility index (Phi) is 4.58. The van der Waals surface area contributed by atoms with Crippen LogP contribution in [-0.2, 0) is 4.74 Å². The van der Waals surface area contributed by atoms with Gasteiger partial charge in [0.25, 0.3) is 0 Å². The maximum absolute atomic E-state index is 8.55. The van der Waals surface area contributed by atoms with Gasteiger partial charge in [-0.15, -0.1) is 0 Å². The van der Waals surface area contributed by atoms with Crippen molar-refractivity contribution in [3.63, 3.8) is 0 Å². The smallest absolute Gasteiger partial charge is 0.0936 e. The lowest BCUT2D eigenvalue weighted by molar-refractivity contribution is 0.261. The Labute approximate surface area is 74.3 Å². The Morgan fingerprint density at radius 3 is 2.75 bits per heavy atom. The van der Waals surface area contributed by atoms with Crippen LogP contribution in [0.3, 0.4) is 0 Å². The molecule has 1 N–H and O–H groups in total. The molecule has 1 heterocycles. The summed E-state index contributed by atoms with van der Waals surface area (Å²) in [5.41, 5.74) is 0. The number of unbranched alkanes of at least 4 members (excludes halogenated alkanes) is 2. The summed E-state index contributed by atoms with van der Waals surface area (Å²) >= 11 is 0. The minimum absolute atomic E-state index is 0.329. The Hall–Kier alpha value is -0.120. The SMILES string of the molecule is CN(CCCCCO)CC1CO1. The Morgan fingerprint density at radius 2 is 2.17 bits per heavy atom. The molecule has 0 aromatic carbocycles. The third kappa shape index (κ3) is 4.70. The van der Waals surface area contributed by atoms with Gasteiger partial charge in [0.2, 0.25) is 0 Å². The summed E-state index contributed by atoms with van der Waals surface area (Å²) in [5, 5.41) is 8.55. The minimum atomic E-state index is 0.329. The van der Waals surface area contributed by atoms with Crippen molar-refractivity contribution in [1.82, 2.24) is 4.90 Å². The number of hydrogen-bond donors (Lipinski definition) is 1. The van der Waals surface area contributed by atoms with Gasteiger partial charge in [0.1, 0.15) is 0 Å². The molecule has 0 aromatic rings. The van der Waals surface area contributed by atoms with Gasteiger partial charge in [-0.25, -0.2) is 0 Å². The molecule has 0 aromatic heterocycles. The Morgan fingerprint density at radius 1 is 1.42 bits per heavy atom. The van der Waals surface area contributed by atoms with Crippen LogP contribution >= 0.6 is 0 Å². The molecule has 1 fully saturated rings. The number of ether oxygens (including phenoxy) is 1. The largest absolute Gasteiger partial charge is 0.396 e. The van der Waals surface area contributed by atoms with Gasteiger partial charge in [0.05, 0.1) is 12.7 Å². The average molecular weight is 173 g/mol. The molecule has 0 aliphatic carbocycles. The molecule has 0 radical (unpaired) electrons. The molecular weight excluding hydrogens is 154 g/mol. The first-order chi connectivity index (χ1) is 5.83. The summed E-state index contributed by atoms with van der Waals surface area (Å²) in [6.45, 7) is 3.47. The van der Waals surface area contributed by atoms with Crippen molar-refractivity contribution in [2.75, 3.05) is 33.4 Å². The fraction of sp³-hybridized carbons (Fsp3) is 1.00. The number of hydrogen-bond acceptors (Lipinski definition) is 3. The summed E-state index contributed by atoms with van der Waals surface area (Å²) < 4.78 is 5.12. The van der Waals surface area contributed by atoms with Crippen LogP contribution in [0.5, 0.6) is 0 Å². The lowest BCUT2D eigenvalue weighted by Crippen LogP contribution is -2.24. The van der Waals surface area contributed by atoms with Crippen molar-refractivity contribution in [2.24, 2.45) is 0 Å². The molecular formula is C9H19NO2. The highest BCUT2D eigenvalue weighted by Crippen LogP contribution is 2.10. The van der Waals surface area contributed by atoms with Gasteiger partial charge >= 0.3 is 0 Å². The number of aliphatic hydroxyl groups is 1. The molecule has 0 spiro atoms. The normalized spacial score (nSPS) is 21.8. The number of rotatable bonds is 7. The zero-order valence-corrected chi connectivity index (χ0v) is 7.83. The maximum atomic E-state index is 8.55. The molecule has 0 saturated carbocycles. The molecule has 1 aliphatic rings. The van der Waals surface area contributed by atoms with Crippen LogP contribution in [-0.4, -0.2) is 49.5 Å². The fourth-order valence-electron chi connectivity index (χ4n) is 1.28. The van der Waals surface area contributed by atoms with Crippen molar-refractivity contribution in [2.45, 2.75) is 25.4 Å². The molecule has 1 rings (SSSR count). The van der Waals surface area contributed by atoms with Crippen molar-refractivity contribution in [1.29, 1.82) is 0 Å². The Balaban J connectivity index is 1.83. The van der Waals surface area contributed by atoms with E-state index in [1.165, 1.54) is 6.42 Å². The topological polar surface area (TPSA) is 36.0 Å². The first kappa shape index (κ1) is 9.96. The van der Waals surface area contributed by atoms with Crippen LogP contribution < -0.4 is 0 Å². The van der Waals surface area contributed by atoms with E-state index in [9.17, 15) is 0 Å². The molecule has 0 bridgehead atoms. The fourth-order valence-corrected chi connectivity index (χ4v) is 1.28. The number of nitrogens with zero attached hydrogens (tertiary/aromatic N) is 1. The second kappa shape index (κ2) is 5.51. The highest BCUT2D eigenvalue weighted by molar-refractivity contribution is 4.72. The highest BCUT2D eigenvalue weighted by atomic mass is 16.6. The molecule has 1 aliphatic heterocycles. The molecule has 72 valence electrons. The third-order valence-electron chi connectivity index (χ3n) is 2.12. The predicted molar refractivity (Wildman–Crippen MR) is 48.2 cm³/mol. The first-order valence-electron chi connectivity index (χ1n) is 4.74. The third-order valence-corrected chi connectivity index (χ3v) is 2.12. The predicted octanol–water partition coefficient (Wildman–Crippen LogP) is 0.480. The summed E-state index contributed by atoms with van der Waals surface area (Å²) in [6.07, 6.45) is 3.76. The van der Waals surface area contributed by atoms with E-state index in [1.54, 1.807) is 0 Å². The highest BCUT2D eigenvalue weighted by Gasteiger charge is 2.23. The lowest BCUT2D eigenvalue weighted by Gasteiger charge is -2.14. The number of epoxide rings is 1. The summed E-state index contributed by atoms with van der Waals surface area (Å²) in [7, 11) is 2.13. The summed E-state index contributed by atoms with van der Waals surface area (Å²) in [5.74, 6) is 0. The maximum Gasteiger partial charge on any atom is 0.0936 e. The molecule has 1 unspecified atom stereocenters. The summed E-state index contributed by atoms with van der Waals surface area (Å²) in [4.78, 5) is 2.30. The van der Waals surface area contributed by atoms with Crippen molar-refractivity contribution < 1.29 is 9.84 Å². The van der Waals surface area contributed by atoms with Crippen LogP contribution in [0.4, 0.5) is 0 Å². The van der Waals surface area contributed by atoms with Gasteiger partial charge in [-0.3, -0.25) is 0 Å². The second-order valence-corrected chi connectivity index (χ2v) is 3.50. The van der Waals surface area contributed by atoms with Crippen molar-refractivity contribution >= 4 is 0 Å². The van der Waals surface area contributed by atoms with Crippen molar-refractivity contribution in [3.05, 3.63) is 0 Å². The van der Waals surface area contributed by atoms with Gasteiger partial charge in [-0.1, -0.05) is 0 Å². The molecule has 12 heavy (non-hydrogen) atoms. The van der Waals surface area contributed by atoms with E-state index in [1.807, 2.05) is 0 Å². The monoisotopic (exact) mass is 173 g/mol. The molecule has 3 nitrogen and oxygen atoms in total. The van der Waals surface area contributed by atoms with Crippen LogP contribution in [0.2, 0.25) is 0 Å². The minimum Gasteiger partial charge on any atom is -0.396 e. The van der Waals surface area contributed by atoms with E-state index in [0.29, 0.717) is 12.7 Å². The van der Waals surface area contributed by atoms with E-state index in [4.69, 9.17) is 9.84 Å². The zero-order valence-electron chi connectivity index (χ0n) is 7.83. The van der Waals surface area contributed by atoms with Crippen LogP contribution in [0, 0.1) is 0 Å². The molecule has 1 saturated heterocycles. The van der Waals surface area contributed by atoms with Crippen LogP contribution in [0.1, 0.15) is 19.3 Å². The number of likely N-dealkylation sites (N-methyl/N-ethyl adjacent to an activating group) is 1. The van der Waals surface area contributed by atoms with Crippen LogP contribution in [0.15, 0.2) is 0 Å². The van der Waals surface area contributed by atoms with Gasteiger partial charge < -0.3 is 14.7 Å². The van der Waals surface area contributed by atoms with E-state index in [0.717, 1.165) is 32.5 Å². The molecule has 0 amide bonds. The van der Waals surface area contributed by atoms with Crippen LogP contribution in [0.25, 0.3) is 0 Å². The summed E-state index contributed by atoms with van der Waals surface area (Å²) in [6, 6.07) is 0. The van der Waals surface area contributed by atoms with E-state index < -0.39 is 0 Å². The Bertz CT molecular complexity index is 115. The van der Waals surface area contributed by atoms with E-state index in [2.05, 4.69) is 11.9 Å². The molecule has 1 atom stereocenters. The second-order valence-electron chi connectivity index (χ2n) is 3.50. The van der Waals surface area contributed by atoms with E-state index in [-0.39, 0.29) is 0 Å².